The van der Waals surface area contributed by atoms with Crippen LogP contribution in [-0.2, 0) is 0 Å². The first-order chi connectivity index (χ1) is 6.90. The molecule has 2 rings (SSSR count). The Kier molecular flexibility index (Phi) is 2.50. The number of benzene rings is 2. The van der Waals surface area contributed by atoms with E-state index in [0.29, 0.717) is 0 Å². The van der Waals surface area contributed by atoms with Crippen molar-refractivity contribution in [2.24, 2.45) is 0 Å². The largest absolute Gasteiger partial charge is 0.497 e. The molecule has 69 valence electrons. The van der Waals surface area contributed by atoms with E-state index in [0.717, 1.165) is 16.9 Å². The lowest BCUT2D eigenvalue weighted by Gasteiger charge is -2.02. The molecule has 0 saturated heterocycles. The maximum absolute atomic E-state index is 5.09. The fourth-order valence-corrected chi connectivity index (χ4v) is 1.34. The van der Waals surface area contributed by atoms with E-state index < -0.39 is 0 Å². The molecular weight excluding hydrogens is 172 g/mol. The second-order valence-electron chi connectivity index (χ2n) is 3.00. The van der Waals surface area contributed by atoms with Crippen molar-refractivity contribution < 1.29 is 4.74 Å². The minimum atomic E-state index is 0.879. The first-order valence-corrected chi connectivity index (χ1v) is 4.51. The fourth-order valence-electron chi connectivity index (χ4n) is 1.34. The van der Waals surface area contributed by atoms with Crippen molar-refractivity contribution in [1.82, 2.24) is 0 Å². The predicted octanol–water partition coefficient (Wildman–Crippen LogP) is 3.16. The summed E-state index contributed by atoms with van der Waals surface area (Å²) in [5.74, 6) is 0.879. The van der Waals surface area contributed by atoms with E-state index in [1.54, 1.807) is 7.11 Å². The van der Waals surface area contributed by atoms with E-state index in [-0.39, 0.29) is 0 Å². The molecule has 0 N–H and O–H groups in total. The Balaban J connectivity index is 2.34. The van der Waals surface area contributed by atoms with E-state index in [4.69, 9.17) is 4.74 Å². The molecular formula is C13H11O. The summed E-state index contributed by atoms with van der Waals surface area (Å²) in [6.07, 6.45) is 0. The average molecular weight is 183 g/mol. The van der Waals surface area contributed by atoms with Gasteiger partial charge in [0.15, 0.2) is 0 Å². The summed E-state index contributed by atoms with van der Waals surface area (Å²) in [6, 6.07) is 19.1. The van der Waals surface area contributed by atoms with Gasteiger partial charge in [-0.2, -0.15) is 0 Å². The maximum atomic E-state index is 5.09. The number of hydrogen-bond donors (Lipinski definition) is 0. The van der Waals surface area contributed by atoms with Crippen molar-refractivity contribution in [2.45, 2.75) is 0 Å². The van der Waals surface area contributed by atoms with Crippen LogP contribution < -0.4 is 4.74 Å². The summed E-state index contributed by atoms with van der Waals surface area (Å²) >= 11 is 0. The van der Waals surface area contributed by atoms with Crippen molar-refractivity contribution in [1.29, 1.82) is 0 Å². The zero-order chi connectivity index (χ0) is 9.80. The molecule has 0 saturated carbocycles. The molecule has 2 aromatic rings. The predicted molar refractivity (Wildman–Crippen MR) is 57.3 cm³/mol. The Morgan fingerprint density at radius 3 is 2.36 bits per heavy atom. The van der Waals surface area contributed by atoms with E-state index in [1.165, 1.54) is 0 Å². The molecule has 14 heavy (non-hydrogen) atoms. The molecule has 1 heteroatoms. The molecule has 0 aliphatic rings. The van der Waals surface area contributed by atoms with Gasteiger partial charge in [-0.1, -0.05) is 36.4 Å². The van der Waals surface area contributed by atoms with Crippen LogP contribution in [0.5, 0.6) is 5.75 Å². The van der Waals surface area contributed by atoms with Gasteiger partial charge in [-0.05, 0) is 29.3 Å². The Hall–Kier alpha value is -1.76. The maximum Gasteiger partial charge on any atom is 0.118 e. The molecule has 0 spiro atoms. The third kappa shape index (κ3) is 1.77. The van der Waals surface area contributed by atoms with Gasteiger partial charge in [0.05, 0.1) is 7.11 Å². The highest BCUT2D eigenvalue weighted by Gasteiger charge is 1.96. The van der Waals surface area contributed by atoms with Crippen LogP contribution in [0.2, 0.25) is 0 Å². The van der Waals surface area contributed by atoms with E-state index in [1.807, 2.05) is 48.5 Å². The van der Waals surface area contributed by atoms with Gasteiger partial charge >= 0.3 is 0 Å². The molecule has 0 amide bonds. The number of hydrogen-bond acceptors (Lipinski definition) is 1. The SMILES string of the molecule is COc1ccc(-c2[c]cccc2)cc1. The zero-order valence-corrected chi connectivity index (χ0v) is 8.03. The van der Waals surface area contributed by atoms with Gasteiger partial charge in [0.25, 0.3) is 0 Å². The topological polar surface area (TPSA) is 9.23 Å². The molecule has 0 fully saturated rings. The molecule has 2 aromatic carbocycles. The lowest BCUT2D eigenvalue weighted by atomic mass is 10.1. The van der Waals surface area contributed by atoms with Crippen LogP contribution in [0.3, 0.4) is 0 Å². The molecule has 0 aliphatic carbocycles. The summed E-state index contributed by atoms with van der Waals surface area (Å²) in [5, 5.41) is 0. The van der Waals surface area contributed by atoms with Gasteiger partial charge in [-0.3, -0.25) is 0 Å². The van der Waals surface area contributed by atoms with Gasteiger partial charge in [0.2, 0.25) is 0 Å². The smallest absolute Gasteiger partial charge is 0.118 e. The van der Waals surface area contributed by atoms with Gasteiger partial charge in [0, 0.05) is 0 Å². The number of methoxy groups -OCH3 is 1. The molecule has 0 atom stereocenters. The van der Waals surface area contributed by atoms with Crippen molar-refractivity contribution in [3.05, 3.63) is 54.6 Å². The first kappa shape index (κ1) is 8.82. The highest BCUT2D eigenvalue weighted by atomic mass is 16.5. The summed E-state index contributed by atoms with van der Waals surface area (Å²) in [7, 11) is 1.67. The Morgan fingerprint density at radius 2 is 1.79 bits per heavy atom. The quantitative estimate of drug-likeness (QED) is 0.694. The Labute approximate surface area is 84.0 Å². The van der Waals surface area contributed by atoms with Gasteiger partial charge in [0.1, 0.15) is 5.75 Å². The van der Waals surface area contributed by atoms with Crippen LogP contribution >= 0.6 is 0 Å². The zero-order valence-electron chi connectivity index (χ0n) is 8.03. The summed E-state index contributed by atoms with van der Waals surface area (Å²) in [6.45, 7) is 0. The first-order valence-electron chi connectivity index (χ1n) is 4.51. The number of ether oxygens (including phenoxy) is 1. The van der Waals surface area contributed by atoms with Crippen molar-refractivity contribution in [2.75, 3.05) is 7.11 Å². The highest BCUT2D eigenvalue weighted by Crippen LogP contribution is 2.21. The lowest BCUT2D eigenvalue weighted by molar-refractivity contribution is 0.415. The summed E-state index contributed by atoms with van der Waals surface area (Å²) in [4.78, 5) is 0. The van der Waals surface area contributed by atoms with Crippen molar-refractivity contribution >= 4 is 0 Å². The monoisotopic (exact) mass is 183 g/mol. The average Bonchev–Trinajstić information content (AvgIpc) is 2.30. The molecule has 0 aliphatic heterocycles. The van der Waals surface area contributed by atoms with Crippen molar-refractivity contribution in [3.63, 3.8) is 0 Å². The Morgan fingerprint density at radius 1 is 1.00 bits per heavy atom. The third-order valence-electron chi connectivity index (χ3n) is 2.11. The van der Waals surface area contributed by atoms with Crippen LogP contribution in [0.1, 0.15) is 0 Å². The fraction of sp³-hybridized carbons (Fsp3) is 0.0769. The molecule has 1 radical (unpaired) electrons. The minimum absolute atomic E-state index is 0.879. The second kappa shape index (κ2) is 3.97. The van der Waals surface area contributed by atoms with E-state index >= 15 is 0 Å². The third-order valence-corrected chi connectivity index (χ3v) is 2.11. The van der Waals surface area contributed by atoms with Crippen molar-refractivity contribution in [3.8, 4) is 16.9 Å². The van der Waals surface area contributed by atoms with Crippen LogP contribution in [0, 0.1) is 6.07 Å². The van der Waals surface area contributed by atoms with Gasteiger partial charge in [-0.25, -0.2) is 0 Å². The van der Waals surface area contributed by atoms with Crippen LogP contribution in [0.15, 0.2) is 48.5 Å². The normalized spacial score (nSPS) is 9.79. The van der Waals surface area contributed by atoms with Gasteiger partial charge in [-0.15, -0.1) is 0 Å². The van der Waals surface area contributed by atoms with Crippen LogP contribution in [-0.4, -0.2) is 7.11 Å². The summed E-state index contributed by atoms with van der Waals surface area (Å²) < 4.78 is 5.09. The molecule has 0 heterocycles. The van der Waals surface area contributed by atoms with E-state index in [9.17, 15) is 0 Å². The second-order valence-corrected chi connectivity index (χ2v) is 3.00. The molecule has 0 aromatic heterocycles. The highest BCUT2D eigenvalue weighted by molar-refractivity contribution is 5.63. The molecule has 0 unspecified atom stereocenters. The summed E-state index contributed by atoms with van der Waals surface area (Å²) in [5.41, 5.74) is 2.27. The molecule has 1 nitrogen and oxygen atoms in total. The van der Waals surface area contributed by atoms with Crippen LogP contribution in [0.25, 0.3) is 11.1 Å². The molecule has 0 bridgehead atoms. The lowest BCUT2D eigenvalue weighted by Crippen LogP contribution is -1.82. The van der Waals surface area contributed by atoms with Gasteiger partial charge < -0.3 is 4.74 Å². The van der Waals surface area contributed by atoms with Crippen LogP contribution in [0.4, 0.5) is 0 Å². The van der Waals surface area contributed by atoms with E-state index in [2.05, 4.69) is 6.07 Å². The number of rotatable bonds is 2. The standard InChI is InChI=1S/C13H11O/c1-14-13-9-7-12(8-10-13)11-5-3-2-4-6-11/h2-5,7-10H,1H3. The Bertz CT molecular complexity index is 389. The minimum Gasteiger partial charge on any atom is -0.497 e.